The molecule has 0 radical (unpaired) electrons. The Morgan fingerprint density at radius 3 is 2.95 bits per heavy atom. The van der Waals surface area contributed by atoms with Crippen LogP contribution in [0.3, 0.4) is 0 Å². The van der Waals surface area contributed by atoms with Crippen LogP contribution in [0.2, 0.25) is 0 Å². The number of halogens is 1. The summed E-state index contributed by atoms with van der Waals surface area (Å²) in [7, 11) is 0. The number of carbonyl (C=O) groups excluding carboxylic acids is 1. The third-order valence-corrected chi connectivity index (χ3v) is 5.70. The van der Waals surface area contributed by atoms with Crippen molar-refractivity contribution in [2.24, 2.45) is 0 Å². The molecule has 1 aromatic heterocycles. The molecular weight excluding hydrogens is 305 g/mol. The predicted octanol–water partition coefficient (Wildman–Crippen LogP) is 4.17. The molecule has 0 saturated heterocycles. The first-order valence-electron chi connectivity index (χ1n) is 6.57. The summed E-state index contributed by atoms with van der Waals surface area (Å²) in [5, 5.41) is 9.31. The number of thiophene rings is 1. The van der Waals surface area contributed by atoms with E-state index in [0.717, 1.165) is 17.9 Å². The number of rotatable bonds is 3. The van der Waals surface area contributed by atoms with Crippen molar-refractivity contribution in [3.63, 3.8) is 0 Å². The Morgan fingerprint density at radius 2 is 2.24 bits per heavy atom. The van der Waals surface area contributed by atoms with Crippen molar-refractivity contribution in [2.45, 2.75) is 18.1 Å². The van der Waals surface area contributed by atoms with Gasteiger partial charge in [0.25, 0.3) is 0 Å². The van der Waals surface area contributed by atoms with Crippen LogP contribution in [0.1, 0.15) is 31.6 Å². The van der Waals surface area contributed by atoms with Crippen LogP contribution in [0, 0.1) is 17.1 Å². The minimum Gasteiger partial charge on any atom is -0.291 e. The smallest absolute Gasteiger partial charge is 0.194 e. The van der Waals surface area contributed by atoms with E-state index in [1.807, 2.05) is 23.9 Å². The molecule has 0 saturated carbocycles. The molecule has 3 rings (SSSR count). The van der Waals surface area contributed by atoms with Gasteiger partial charge in [-0.25, -0.2) is 4.39 Å². The standard InChI is InChI=1S/C16H12FNOS2/c17-12-3-1-2-10(6-12)13(8-18)16(19)15-7-11-9-20-5-4-14(11)21-15/h1-3,6-7,13H,4-5,9H2. The summed E-state index contributed by atoms with van der Waals surface area (Å²) in [6.07, 6.45) is 0.981. The van der Waals surface area contributed by atoms with E-state index in [-0.39, 0.29) is 5.78 Å². The summed E-state index contributed by atoms with van der Waals surface area (Å²) < 4.78 is 13.3. The molecule has 0 bridgehead atoms. The zero-order valence-corrected chi connectivity index (χ0v) is 12.8. The van der Waals surface area contributed by atoms with Gasteiger partial charge in [0.2, 0.25) is 0 Å². The molecule has 2 heterocycles. The zero-order chi connectivity index (χ0) is 14.8. The van der Waals surface area contributed by atoms with Crippen LogP contribution in [-0.4, -0.2) is 11.5 Å². The summed E-state index contributed by atoms with van der Waals surface area (Å²) in [5.41, 5.74) is 1.62. The summed E-state index contributed by atoms with van der Waals surface area (Å²) >= 11 is 3.33. The van der Waals surface area contributed by atoms with Gasteiger partial charge in [0.15, 0.2) is 5.78 Å². The lowest BCUT2D eigenvalue weighted by Crippen LogP contribution is -2.10. The highest BCUT2D eigenvalue weighted by atomic mass is 32.2. The lowest BCUT2D eigenvalue weighted by molar-refractivity contribution is 0.0982. The molecule has 106 valence electrons. The van der Waals surface area contributed by atoms with E-state index in [2.05, 4.69) is 0 Å². The maximum atomic E-state index is 13.3. The topological polar surface area (TPSA) is 40.9 Å². The molecule has 2 nitrogen and oxygen atoms in total. The Bertz CT molecular complexity index is 709. The Balaban J connectivity index is 1.92. The SMILES string of the molecule is N#CC(C(=O)c1cc2c(s1)CCSC2)c1cccc(F)c1. The Hall–Kier alpha value is -1.64. The highest BCUT2D eigenvalue weighted by Crippen LogP contribution is 2.34. The summed E-state index contributed by atoms with van der Waals surface area (Å²) in [6, 6.07) is 9.63. The Labute approximate surface area is 130 Å². The van der Waals surface area contributed by atoms with E-state index in [4.69, 9.17) is 0 Å². The van der Waals surface area contributed by atoms with Crippen LogP contribution in [0.15, 0.2) is 30.3 Å². The Morgan fingerprint density at radius 1 is 1.38 bits per heavy atom. The molecule has 21 heavy (non-hydrogen) atoms. The molecule has 5 heteroatoms. The van der Waals surface area contributed by atoms with E-state index in [1.54, 1.807) is 6.07 Å². The molecule has 1 aliphatic heterocycles. The fourth-order valence-electron chi connectivity index (χ4n) is 2.38. The molecule has 0 fully saturated rings. The van der Waals surface area contributed by atoms with Gasteiger partial charge in [0, 0.05) is 10.6 Å². The van der Waals surface area contributed by atoms with Crippen molar-refractivity contribution in [3.8, 4) is 6.07 Å². The number of aryl methyl sites for hydroxylation is 1. The summed E-state index contributed by atoms with van der Waals surface area (Å²) in [5.74, 6) is 0.409. The fraction of sp³-hybridized carbons (Fsp3) is 0.250. The number of ketones is 1. The lowest BCUT2D eigenvalue weighted by atomic mass is 9.95. The van der Waals surface area contributed by atoms with Gasteiger partial charge < -0.3 is 0 Å². The van der Waals surface area contributed by atoms with E-state index in [9.17, 15) is 14.4 Å². The van der Waals surface area contributed by atoms with Crippen molar-refractivity contribution < 1.29 is 9.18 Å². The van der Waals surface area contributed by atoms with Gasteiger partial charge in [0.05, 0.1) is 10.9 Å². The minimum absolute atomic E-state index is 0.229. The third kappa shape index (κ3) is 2.87. The second-order valence-corrected chi connectivity index (χ2v) is 7.08. The van der Waals surface area contributed by atoms with Crippen molar-refractivity contribution in [2.75, 3.05) is 5.75 Å². The highest BCUT2D eigenvalue weighted by Gasteiger charge is 2.25. The normalized spacial score (nSPS) is 15.0. The average molecular weight is 317 g/mol. The van der Waals surface area contributed by atoms with Crippen molar-refractivity contribution in [3.05, 3.63) is 57.0 Å². The molecule has 1 unspecified atom stereocenters. The highest BCUT2D eigenvalue weighted by molar-refractivity contribution is 7.98. The van der Waals surface area contributed by atoms with Gasteiger partial charge in [-0.15, -0.1) is 11.3 Å². The Kier molecular flexibility index (Phi) is 4.09. The molecule has 0 amide bonds. The summed E-state index contributed by atoms with van der Waals surface area (Å²) in [6.45, 7) is 0. The molecular formula is C16H12FNOS2. The van der Waals surface area contributed by atoms with E-state index < -0.39 is 11.7 Å². The van der Waals surface area contributed by atoms with Crippen LogP contribution in [0.5, 0.6) is 0 Å². The minimum atomic E-state index is -0.937. The maximum Gasteiger partial charge on any atom is 0.194 e. The van der Waals surface area contributed by atoms with Gasteiger partial charge >= 0.3 is 0 Å². The van der Waals surface area contributed by atoms with E-state index >= 15 is 0 Å². The molecule has 0 N–H and O–H groups in total. The zero-order valence-electron chi connectivity index (χ0n) is 11.1. The number of thioether (sulfide) groups is 1. The lowest BCUT2D eigenvalue weighted by Gasteiger charge is -2.08. The van der Waals surface area contributed by atoms with Gasteiger partial charge in [-0.2, -0.15) is 17.0 Å². The van der Waals surface area contributed by atoms with Crippen LogP contribution in [0.25, 0.3) is 0 Å². The largest absolute Gasteiger partial charge is 0.291 e. The maximum absolute atomic E-state index is 13.3. The number of hydrogen-bond acceptors (Lipinski definition) is 4. The molecule has 1 aromatic carbocycles. The van der Waals surface area contributed by atoms with Crippen molar-refractivity contribution in [1.29, 1.82) is 5.26 Å². The second-order valence-electron chi connectivity index (χ2n) is 4.84. The number of nitriles is 1. The number of nitrogens with zero attached hydrogens (tertiary/aromatic N) is 1. The van der Waals surface area contributed by atoms with E-state index in [1.165, 1.54) is 40.0 Å². The molecule has 1 aliphatic rings. The van der Waals surface area contributed by atoms with Crippen LogP contribution in [-0.2, 0) is 12.2 Å². The van der Waals surface area contributed by atoms with Crippen LogP contribution >= 0.6 is 23.1 Å². The van der Waals surface area contributed by atoms with Crippen molar-refractivity contribution >= 4 is 28.9 Å². The molecule has 1 atom stereocenters. The fourth-order valence-corrected chi connectivity index (χ4v) is 4.72. The number of Topliss-reactive ketones (excluding diaryl/α,β-unsaturated/α-hetero) is 1. The van der Waals surface area contributed by atoms with Gasteiger partial charge in [-0.1, -0.05) is 12.1 Å². The number of hydrogen-bond donors (Lipinski definition) is 0. The summed E-state index contributed by atoms with van der Waals surface area (Å²) in [4.78, 5) is 14.4. The first kappa shape index (κ1) is 14.3. The van der Waals surface area contributed by atoms with Gasteiger partial charge in [-0.3, -0.25) is 4.79 Å². The van der Waals surface area contributed by atoms with Crippen molar-refractivity contribution in [1.82, 2.24) is 0 Å². The number of carbonyl (C=O) groups is 1. The van der Waals surface area contributed by atoms with E-state index in [0.29, 0.717) is 10.4 Å². The monoisotopic (exact) mass is 317 g/mol. The van der Waals surface area contributed by atoms with Crippen LogP contribution < -0.4 is 0 Å². The number of benzene rings is 1. The molecule has 0 aliphatic carbocycles. The quantitative estimate of drug-likeness (QED) is 0.798. The van der Waals surface area contributed by atoms with Gasteiger partial charge in [0.1, 0.15) is 11.7 Å². The van der Waals surface area contributed by atoms with Crippen LogP contribution in [0.4, 0.5) is 4.39 Å². The molecule has 2 aromatic rings. The van der Waals surface area contributed by atoms with Gasteiger partial charge in [-0.05, 0) is 41.5 Å². The first-order valence-corrected chi connectivity index (χ1v) is 8.55. The third-order valence-electron chi connectivity index (χ3n) is 3.44. The first-order chi connectivity index (χ1) is 10.2. The number of fused-ring (bicyclic) bond motifs is 1. The predicted molar refractivity (Wildman–Crippen MR) is 83.3 cm³/mol. The second kappa shape index (κ2) is 6.00. The average Bonchev–Trinajstić information content (AvgIpc) is 2.92. The molecule has 0 spiro atoms.